The summed E-state index contributed by atoms with van der Waals surface area (Å²) in [5, 5.41) is 16.0. The summed E-state index contributed by atoms with van der Waals surface area (Å²) in [7, 11) is 0. The Bertz CT molecular complexity index is 396. The van der Waals surface area contributed by atoms with E-state index < -0.39 is 5.41 Å². The van der Waals surface area contributed by atoms with E-state index >= 15 is 0 Å². The average Bonchev–Trinajstić information content (AvgIpc) is 2.35. The quantitative estimate of drug-likeness (QED) is 0.583. The molecule has 0 saturated carbocycles. The normalized spacial score (nSPS) is 10.9. The second-order valence-corrected chi connectivity index (χ2v) is 4.88. The van der Waals surface area contributed by atoms with Gasteiger partial charge in [-0.05, 0) is 56.9 Å². The van der Waals surface area contributed by atoms with Crippen LogP contribution in [0.4, 0.5) is 0 Å². The highest BCUT2D eigenvalue weighted by atomic mass is 14.3. The number of rotatable bonds is 6. The summed E-state index contributed by atoms with van der Waals surface area (Å²) < 4.78 is 0. The Labute approximate surface area is 104 Å². The van der Waals surface area contributed by atoms with E-state index in [1.807, 2.05) is 13.8 Å². The van der Waals surface area contributed by atoms with Crippen LogP contribution in [0.25, 0.3) is 0 Å². The fourth-order valence-corrected chi connectivity index (χ4v) is 1.73. The van der Waals surface area contributed by atoms with Crippen LogP contribution < -0.4 is 0 Å². The van der Waals surface area contributed by atoms with Gasteiger partial charge in [-0.3, -0.25) is 0 Å². The topological polar surface area (TPSA) is 47.6 Å². The molecule has 0 aliphatic carbocycles. The lowest BCUT2D eigenvalue weighted by Crippen LogP contribution is -2.13. The van der Waals surface area contributed by atoms with Gasteiger partial charge in [0, 0.05) is 0 Å². The Morgan fingerprint density at radius 1 is 1.24 bits per heavy atom. The third-order valence-electron chi connectivity index (χ3n) is 3.02. The molecule has 1 N–H and O–H groups in total. The van der Waals surface area contributed by atoms with E-state index in [1.165, 1.54) is 11.8 Å². The van der Waals surface area contributed by atoms with Gasteiger partial charge in [0.05, 0.1) is 11.5 Å². The Hall–Kier alpha value is -1.62. The Kier molecular flexibility index (Phi) is 4.90. The Morgan fingerprint density at radius 3 is 2.41 bits per heavy atom. The number of hydrogen-bond donors (Lipinski definition) is 1. The summed E-state index contributed by atoms with van der Waals surface area (Å²) in [5.41, 5.74) is 1.98. The zero-order valence-electron chi connectivity index (χ0n) is 10.7. The number of unbranched alkanes of at least 4 members (excludes halogenated alkanes) is 2. The van der Waals surface area contributed by atoms with Crippen LogP contribution >= 0.6 is 0 Å². The first-order valence-corrected chi connectivity index (χ1v) is 6.10. The number of nitriles is 1. The summed E-state index contributed by atoms with van der Waals surface area (Å²) in [6.45, 7) is 3.87. The molecule has 1 aromatic rings. The van der Waals surface area contributed by atoms with Crippen molar-refractivity contribution < 1.29 is 0 Å². The maximum atomic E-state index is 9.05. The van der Waals surface area contributed by atoms with Gasteiger partial charge in [-0.15, -0.1) is 0 Å². The van der Waals surface area contributed by atoms with Crippen molar-refractivity contribution in [3.63, 3.8) is 0 Å². The van der Waals surface area contributed by atoms with Crippen molar-refractivity contribution in [2.75, 3.05) is 0 Å². The highest BCUT2D eigenvalue weighted by molar-refractivity contribution is 5.52. The standard InChI is InChI=1S/C15H20N2/c1-15(2,12-17)14-9-7-13(8-10-14)6-4-3-5-11-16/h7-11,16H,3-6H2,1-2H3. The summed E-state index contributed by atoms with van der Waals surface area (Å²) in [6.07, 6.45) is 5.60. The molecule has 1 rings (SSSR count). The average molecular weight is 228 g/mol. The van der Waals surface area contributed by atoms with Gasteiger partial charge in [0.1, 0.15) is 0 Å². The Morgan fingerprint density at radius 2 is 1.88 bits per heavy atom. The summed E-state index contributed by atoms with van der Waals surface area (Å²) in [4.78, 5) is 0. The fourth-order valence-electron chi connectivity index (χ4n) is 1.73. The minimum atomic E-state index is -0.404. The van der Waals surface area contributed by atoms with Crippen LogP contribution in [0.2, 0.25) is 0 Å². The van der Waals surface area contributed by atoms with Gasteiger partial charge in [-0.2, -0.15) is 5.26 Å². The minimum absolute atomic E-state index is 0.404. The predicted molar refractivity (Wildman–Crippen MR) is 71.4 cm³/mol. The van der Waals surface area contributed by atoms with E-state index in [1.54, 1.807) is 0 Å². The van der Waals surface area contributed by atoms with Crippen LogP contribution in [-0.2, 0) is 11.8 Å². The SMILES string of the molecule is CC(C)(C#N)c1ccc(CCCCC=N)cc1. The second-order valence-electron chi connectivity index (χ2n) is 4.88. The van der Waals surface area contributed by atoms with Crippen LogP contribution in [0, 0.1) is 16.7 Å². The monoisotopic (exact) mass is 228 g/mol. The second kappa shape index (κ2) is 6.20. The molecule has 0 spiro atoms. The number of benzene rings is 1. The molecule has 0 amide bonds. The molecule has 0 aromatic heterocycles. The number of aryl methyl sites for hydroxylation is 1. The molecule has 0 heterocycles. The van der Waals surface area contributed by atoms with Crippen LogP contribution in [0.15, 0.2) is 24.3 Å². The molecule has 0 bridgehead atoms. The lowest BCUT2D eigenvalue weighted by molar-refractivity contribution is 0.685. The van der Waals surface area contributed by atoms with E-state index in [-0.39, 0.29) is 0 Å². The van der Waals surface area contributed by atoms with Crippen LogP contribution in [0.3, 0.4) is 0 Å². The molecule has 90 valence electrons. The summed E-state index contributed by atoms with van der Waals surface area (Å²) >= 11 is 0. The fraction of sp³-hybridized carbons (Fsp3) is 0.467. The maximum absolute atomic E-state index is 9.05. The smallest absolute Gasteiger partial charge is 0.0766 e. The lowest BCUT2D eigenvalue weighted by Gasteiger charge is -2.15. The summed E-state index contributed by atoms with van der Waals surface area (Å²) in [6, 6.07) is 10.6. The molecule has 0 saturated heterocycles. The first kappa shape index (κ1) is 13.4. The molecular weight excluding hydrogens is 208 g/mol. The highest BCUT2D eigenvalue weighted by Gasteiger charge is 2.18. The van der Waals surface area contributed by atoms with Crippen LogP contribution in [0.1, 0.15) is 44.2 Å². The number of nitrogens with zero attached hydrogens (tertiary/aromatic N) is 1. The van der Waals surface area contributed by atoms with Crippen molar-refractivity contribution in [1.29, 1.82) is 10.7 Å². The van der Waals surface area contributed by atoms with Gasteiger partial charge in [-0.1, -0.05) is 24.3 Å². The third-order valence-corrected chi connectivity index (χ3v) is 3.02. The molecule has 0 unspecified atom stereocenters. The van der Waals surface area contributed by atoms with E-state index in [0.717, 1.165) is 31.2 Å². The molecule has 0 radical (unpaired) electrons. The van der Waals surface area contributed by atoms with Crippen molar-refractivity contribution in [2.45, 2.75) is 44.9 Å². The first-order valence-electron chi connectivity index (χ1n) is 6.10. The van der Waals surface area contributed by atoms with Gasteiger partial charge >= 0.3 is 0 Å². The Balaban J connectivity index is 2.57. The molecule has 0 aliphatic rings. The minimum Gasteiger partial charge on any atom is -0.313 e. The van der Waals surface area contributed by atoms with E-state index in [2.05, 4.69) is 30.3 Å². The van der Waals surface area contributed by atoms with E-state index in [4.69, 9.17) is 10.7 Å². The largest absolute Gasteiger partial charge is 0.313 e. The predicted octanol–water partition coefficient (Wildman–Crippen LogP) is 3.85. The maximum Gasteiger partial charge on any atom is 0.0766 e. The molecule has 0 fully saturated rings. The third kappa shape index (κ3) is 4.03. The van der Waals surface area contributed by atoms with Gasteiger partial charge in [-0.25, -0.2) is 0 Å². The van der Waals surface area contributed by atoms with Crippen molar-refractivity contribution in [2.24, 2.45) is 0 Å². The lowest BCUT2D eigenvalue weighted by atomic mass is 9.86. The number of nitrogens with one attached hydrogen (secondary N) is 1. The van der Waals surface area contributed by atoms with Crippen molar-refractivity contribution >= 4 is 6.21 Å². The van der Waals surface area contributed by atoms with Crippen LogP contribution in [0.5, 0.6) is 0 Å². The zero-order valence-corrected chi connectivity index (χ0v) is 10.7. The van der Waals surface area contributed by atoms with Crippen molar-refractivity contribution in [3.8, 4) is 6.07 Å². The molecular formula is C15H20N2. The van der Waals surface area contributed by atoms with Crippen molar-refractivity contribution in [3.05, 3.63) is 35.4 Å². The molecule has 17 heavy (non-hydrogen) atoms. The highest BCUT2D eigenvalue weighted by Crippen LogP contribution is 2.22. The molecule has 2 nitrogen and oxygen atoms in total. The van der Waals surface area contributed by atoms with Gasteiger partial charge in [0.2, 0.25) is 0 Å². The molecule has 1 aromatic carbocycles. The van der Waals surface area contributed by atoms with Gasteiger partial charge in [0.25, 0.3) is 0 Å². The zero-order chi connectivity index (χ0) is 12.7. The van der Waals surface area contributed by atoms with Gasteiger partial charge < -0.3 is 5.41 Å². The first-order chi connectivity index (χ1) is 8.10. The molecule has 2 heteroatoms. The van der Waals surface area contributed by atoms with Crippen LogP contribution in [-0.4, -0.2) is 6.21 Å². The van der Waals surface area contributed by atoms with Gasteiger partial charge in [0.15, 0.2) is 0 Å². The van der Waals surface area contributed by atoms with Crippen molar-refractivity contribution in [1.82, 2.24) is 0 Å². The van der Waals surface area contributed by atoms with E-state index in [0.29, 0.717) is 0 Å². The summed E-state index contributed by atoms with van der Waals surface area (Å²) in [5.74, 6) is 0. The molecule has 0 aliphatic heterocycles. The van der Waals surface area contributed by atoms with E-state index in [9.17, 15) is 0 Å². The molecule has 0 atom stereocenters. The number of hydrogen-bond acceptors (Lipinski definition) is 2.